The van der Waals surface area contributed by atoms with E-state index in [9.17, 15) is 0 Å². The highest BCUT2D eigenvalue weighted by Gasteiger charge is 2.47. The van der Waals surface area contributed by atoms with Crippen molar-refractivity contribution in [1.29, 1.82) is 0 Å². The molecule has 0 amide bonds. The molecule has 1 heterocycles. The smallest absolute Gasteiger partial charge is 0.173 e. The molecule has 3 nitrogen and oxygen atoms in total. The van der Waals surface area contributed by atoms with Crippen molar-refractivity contribution < 1.29 is 14.9 Å². The molecule has 0 spiro atoms. The van der Waals surface area contributed by atoms with E-state index in [-0.39, 0.29) is 5.92 Å². The minimum absolute atomic E-state index is 0.164. The zero-order valence-electron chi connectivity index (χ0n) is 4.96. The van der Waals surface area contributed by atoms with E-state index in [1.165, 1.54) is 6.92 Å². The van der Waals surface area contributed by atoms with Crippen LogP contribution in [0.4, 0.5) is 0 Å². The second kappa shape index (κ2) is 1.43. The second-order valence-corrected chi connectivity index (χ2v) is 2.35. The van der Waals surface area contributed by atoms with E-state index < -0.39 is 12.1 Å². The predicted molar refractivity (Wildman–Crippen MR) is 26.9 cm³/mol. The molecular formula is C5H10O3. The summed E-state index contributed by atoms with van der Waals surface area (Å²) < 4.78 is 4.55. The van der Waals surface area contributed by atoms with E-state index >= 15 is 0 Å². The fourth-order valence-electron chi connectivity index (χ4n) is 0.646. The molecule has 3 unspecified atom stereocenters. The van der Waals surface area contributed by atoms with Gasteiger partial charge in [-0.3, -0.25) is 0 Å². The number of hydrogen-bond acceptors (Lipinski definition) is 3. The molecule has 0 bridgehead atoms. The van der Waals surface area contributed by atoms with Gasteiger partial charge in [-0.2, -0.15) is 0 Å². The van der Waals surface area contributed by atoms with E-state index in [0.29, 0.717) is 0 Å². The highest BCUT2D eigenvalue weighted by Crippen LogP contribution is 2.34. The minimum atomic E-state index is -1.10. The Kier molecular flexibility index (Phi) is 1.08. The number of hydrogen-bond donors (Lipinski definition) is 2. The lowest BCUT2D eigenvalue weighted by Gasteiger charge is -2.44. The van der Waals surface area contributed by atoms with Gasteiger partial charge in [0, 0.05) is 0 Å². The van der Waals surface area contributed by atoms with Crippen LogP contribution in [0.3, 0.4) is 0 Å². The third-order valence-corrected chi connectivity index (χ3v) is 1.63. The highest BCUT2D eigenvalue weighted by atomic mass is 16.7. The number of aliphatic hydroxyl groups is 2. The third-order valence-electron chi connectivity index (χ3n) is 1.63. The summed E-state index contributed by atoms with van der Waals surface area (Å²) in [6.45, 7) is 3.26. The van der Waals surface area contributed by atoms with Crippen molar-refractivity contribution in [2.45, 2.75) is 25.9 Å². The summed E-state index contributed by atoms with van der Waals surface area (Å²) in [6, 6.07) is 0. The van der Waals surface area contributed by atoms with Crippen molar-refractivity contribution in [3.63, 3.8) is 0 Å². The molecule has 1 saturated heterocycles. The van der Waals surface area contributed by atoms with Crippen molar-refractivity contribution in [2.75, 3.05) is 0 Å². The third kappa shape index (κ3) is 0.632. The zero-order valence-corrected chi connectivity index (χ0v) is 4.96. The molecule has 1 fully saturated rings. The lowest BCUT2D eigenvalue weighted by Crippen LogP contribution is -2.56. The minimum Gasteiger partial charge on any atom is -0.367 e. The van der Waals surface area contributed by atoms with Crippen molar-refractivity contribution in [1.82, 2.24) is 0 Å². The van der Waals surface area contributed by atoms with Gasteiger partial charge in [-0.15, -0.1) is 0 Å². The van der Waals surface area contributed by atoms with Crippen LogP contribution in [0.25, 0.3) is 0 Å². The first kappa shape index (κ1) is 6.01. The van der Waals surface area contributed by atoms with Crippen molar-refractivity contribution in [2.24, 2.45) is 5.92 Å². The summed E-state index contributed by atoms with van der Waals surface area (Å²) in [5, 5.41) is 17.6. The Morgan fingerprint density at radius 2 is 2.12 bits per heavy atom. The molecule has 0 aromatic carbocycles. The van der Waals surface area contributed by atoms with Gasteiger partial charge in [0.05, 0.1) is 5.92 Å². The van der Waals surface area contributed by atoms with E-state index in [4.69, 9.17) is 10.2 Å². The summed E-state index contributed by atoms with van der Waals surface area (Å²) in [7, 11) is 0. The molecule has 0 aromatic heterocycles. The molecule has 48 valence electrons. The Hall–Kier alpha value is -0.120. The van der Waals surface area contributed by atoms with Crippen LogP contribution in [0.5, 0.6) is 0 Å². The normalized spacial score (nSPS) is 55.5. The molecular weight excluding hydrogens is 108 g/mol. The van der Waals surface area contributed by atoms with E-state index in [0.717, 1.165) is 0 Å². The Labute approximate surface area is 47.9 Å². The molecule has 1 rings (SSSR count). The van der Waals surface area contributed by atoms with Crippen LogP contribution in [-0.4, -0.2) is 22.3 Å². The molecule has 1 aliphatic heterocycles. The second-order valence-electron chi connectivity index (χ2n) is 2.35. The highest BCUT2D eigenvalue weighted by molar-refractivity contribution is 4.80. The summed E-state index contributed by atoms with van der Waals surface area (Å²) >= 11 is 0. The molecule has 3 atom stereocenters. The van der Waals surface area contributed by atoms with E-state index in [1.807, 2.05) is 0 Å². The Balaban J connectivity index is 2.47. The van der Waals surface area contributed by atoms with Crippen LogP contribution >= 0.6 is 0 Å². The predicted octanol–water partition coefficient (Wildman–Crippen LogP) is -0.320. The van der Waals surface area contributed by atoms with Gasteiger partial charge in [-0.25, -0.2) is 0 Å². The maximum atomic E-state index is 8.97. The van der Waals surface area contributed by atoms with Crippen molar-refractivity contribution in [3.05, 3.63) is 0 Å². The SMILES string of the molecule is CC1C(O)OC1(C)O. The van der Waals surface area contributed by atoms with Crippen molar-refractivity contribution >= 4 is 0 Å². The van der Waals surface area contributed by atoms with Crippen LogP contribution in [0.15, 0.2) is 0 Å². The lowest BCUT2D eigenvalue weighted by atomic mass is 9.96. The first-order valence-corrected chi connectivity index (χ1v) is 2.62. The van der Waals surface area contributed by atoms with Gasteiger partial charge in [0.1, 0.15) is 0 Å². The van der Waals surface area contributed by atoms with Crippen LogP contribution in [0.1, 0.15) is 13.8 Å². The number of rotatable bonds is 0. The Morgan fingerprint density at radius 3 is 2.12 bits per heavy atom. The summed E-state index contributed by atoms with van der Waals surface area (Å²) in [6.07, 6.45) is -0.773. The average molecular weight is 118 g/mol. The monoisotopic (exact) mass is 118 g/mol. The first-order chi connectivity index (χ1) is 3.54. The van der Waals surface area contributed by atoms with Crippen LogP contribution < -0.4 is 0 Å². The van der Waals surface area contributed by atoms with Gasteiger partial charge in [0.15, 0.2) is 12.1 Å². The average Bonchev–Trinajstić information content (AvgIpc) is 1.65. The van der Waals surface area contributed by atoms with Gasteiger partial charge in [-0.1, -0.05) is 6.92 Å². The van der Waals surface area contributed by atoms with E-state index in [1.54, 1.807) is 6.92 Å². The van der Waals surface area contributed by atoms with Crippen LogP contribution in [0.2, 0.25) is 0 Å². The lowest BCUT2D eigenvalue weighted by molar-refractivity contribution is -0.406. The number of ether oxygens (including phenoxy) is 1. The molecule has 3 heteroatoms. The van der Waals surface area contributed by atoms with Crippen LogP contribution in [-0.2, 0) is 4.74 Å². The van der Waals surface area contributed by atoms with Gasteiger partial charge < -0.3 is 14.9 Å². The van der Waals surface area contributed by atoms with Gasteiger partial charge >= 0.3 is 0 Å². The quantitative estimate of drug-likeness (QED) is 0.458. The summed E-state index contributed by atoms with van der Waals surface area (Å²) in [5.74, 6) is -1.26. The molecule has 1 aliphatic rings. The van der Waals surface area contributed by atoms with Crippen molar-refractivity contribution in [3.8, 4) is 0 Å². The maximum Gasteiger partial charge on any atom is 0.173 e. The van der Waals surface area contributed by atoms with Gasteiger partial charge in [0.2, 0.25) is 0 Å². The Morgan fingerprint density at radius 1 is 1.62 bits per heavy atom. The molecule has 0 aromatic rings. The molecule has 2 N–H and O–H groups in total. The fourth-order valence-corrected chi connectivity index (χ4v) is 0.646. The fraction of sp³-hybridized carbons (Fsp3) is 1.00. The molecule has 0 saturated carbocycles. The van der Waals surface area contributed by atoms with Gasteiger partial charge in [0.25, 0.3) is 0 Å². The van der Waals surface area contributed by atoms with E-state index in [2.05, 4.69) is 4.74 Å². The number of aliphatic hydroxyl groups excluding tert-OH is 1. The molecule has 0 radical (unpaired) electrons. The maximum absolute atomic E-state index is 8.97. The topological polar surface area (TPSA) is 49.7 Å². The standard InChI is InChI=1S/C5H10O3/c1-3-4(6)8-5(3,2)7/h3-4,6-7H,1-2H3. The van der Waals surface area contributed by atoms with Gasteiger partial charge in [-0.05, 0) is 6.92 Å². The summed E-state index contributed by atoms with van der Waals surface area (Å²) in [5.41, 5.74) is 0. The largest absolute Gasteiger partial charge is 0.367 e. The zero-order chi connectivity index (χ0) is 6.36. The summed E-state index contributed by atoms with van der Waals surface area (Å²) in [4.78, 5) is 0. The van der Waals surface area contributed by atoms with Crippen LogP contribution in [0, 0.1) is 5.92 Å². The first-order valence-electron chi connectivity index (χ1n) is 2.62. The molecule has 8 heavy (non-hydrogen) atoms. The molecule has 0 aliphatic carbocycles. The Bertz CT molecular complexity index is 99.8.